The Kier molecular flexibility index (Phi) is 3.94. The second kappa shape index (κ2) is 5.83. The molecular formula is C12H12N4O4. The molecule has 0 atom stereocenters. The lowest BCUT2D eigenvalue weighted by atomic mass is 10.1. The molecule has 1 heterocycles. The fraction of sp³-hybridized carbons (Fsp3) is 0.167. The van der Waals surface area contributed by atoms with Crippen molar-refractivity contribution in [1.29, 1.82) is 0 Å². The number of nitrogens with zero attached hydrogens (tertiary/aromatic N) is 4. The molecule has 0 saturated carbocycles. The molecule has 8 heteroatoms. The number of aromatic nitrogens is 2. The third-order valence-corrected chi connectivity index (χ3v) is 2.67. The number of hydrogen-bond donors (Lipinski definition) is 1. The molecule has 1 aromatic carbocycles. The largest absolute Gasteiger partial charge is 0.496 e. The lowest BCUT2D eigenvalue weighted by Crippen LogP contribution is -2.03. The van der Waals surface area contributed by atoms with Gasteiger partial charge in [-0.15, -0.1) is 0 Å². The molecule has 2 aromatic rings. The molecule has 0 fully saturated rings. The Morgan fingerprint density at radius 2 is 2.40 bits per heavy atom. The predicted octanol–water partition coefficient (Wildman–Crippen LogP) is 1.66. The SMILES string of the molecule is COc1ccc(/C=N\O)cc1Cn1cc([N+](=O)[O-])cn1. The van der Waals surface area contributed by atoms with Crippen LogP contribution in [0.3, 0.4) is 0 Å². The van der Waals surface area contributed by atoms with Gasteiger partial charge < -0.3 is 9.94 Å². The van der Waals surface area contributed by atoms with Crippen molar-refractivity contribution in [1.82, 2.24) is 9.78 Å². The third-order valence-electron chi connectivity index (χ3n) is 2.67. The molecule has 0 radical (unpaired) electrons. The van der Waals surface area contributed by atoms with Gasteiger partial charge in [0.25, 0.3) is 0 Å². The molecule has 1 N–H and O–H groups in total. The molecule has 104 valence electrons. The number of rotatable bonds is 5. The maximum Gasteiger partial charge on any atom is 0.307 e. The van der Waals surface area contributed by atoms with E-state index in [0.29, 0.717) is 17.9 Å². The Labute approximate surface area is 114 Å². The lowest BCUT2D eigenvalue weighted by Gasteiger charge is -2.09. The zero-order valence-electron chi connectivity index (χ0n) is 10.6. The van der Waals surface area contributed by atoms with E-state index in [9.17, 15) is 10.1 Å². The van der Waals surface area contributed by atoms with Crippen LogP contribution in [0.5, 0.6) is 5.75 Å². The summed E-state index contributed by atoms with van der Waals surface area (Å²) >= 11 is 0. The van der Waals surface area contributed by atoms with E-state index in [1.54, 1.807) is 18.2 Å². The van der Waals surface area contributed by atoms with Crippen LogP contribution in [0.1, 0.15) is 11.1 Å². The lowest BCUT2D eigenvalue weighted by molar-refractivity contribution is -0.385. The maximum atomic E-state index is 10.6. The van der Waals surface area contributed by atoms with E-state index in [-0.39, 0.29) is 5.69 Å². The molecular weight excluding hydrogens is 264 g/mol. The Balaban J connectivity index is 2.30. The summed E-state index contributed by atoms with van der Waals surface area (Å²) in [4.78, 5) is 10.1. The van der Waals surface area contributed by atoms with Gasteiger partial charge >= 0.3 is 5.69 Å². The normalized spacial score (nSPS) is 10.8. The highest BCUT2D eigenvalue weighted by Crippen LogP contribution is 2.21. The van der Waals surface area contributed by atoms with Gasteiger partial charge in [0, 0.05) is 5.56 Å². The van der Waals surface area contributed by atoms with Gasteiger partial charge in [0.05, 0.1) is 24.8 Å². The molecule has 1 aromatic heterocycles. The number of oxime groups is 1. The summed E-state index contributed by atoms with van der Waals surface area (Å²) in [6, 6.07) is 5.21. The minimum atomic E-state index is -0.504. The number of methoxy groups -OCH3 is 1. The molecule has 0 aliphatic heterocycles. The molecule has 8 nitrogen and oxygen atoms in total. The minimum absolute atomic E-state index is 0.0722. The Morgan fingerprint density at radius 1 is 1.60 bits per heavy atom. The minimum Gasteiger partial charge on any atom is -0.496 e. The van der Waals surface area contributed by atoms with Crippen LogP contribution in [0, 0.1) is 10.1 Å². The topological polar surface area (TPSA) is 103 Å². The monoisotopic (exact) mass is 276 g/mol. The van der Waals surface area contributed by atoms with Crippen LogP contribution in [0.25, 0.3) is 0 Å². The van der Waals surface area contributed by atoms with Crippen molar-refractivity contribution >= 4 is 11.9 Å². The number of nitro groups is 1. The average molecular weight is 276 g/mol. The van der Waals surface area contributed by atoms with Gasteiger partial charge in [0.1, 0.15) is 18.1 Å². The summed E-state index contributed by atoms with van der Waals surface area (Å²) in [7, 11) is 1.53. The van der Waals surface area contributed by atoms with Gasteiger partial charge in [-0.2, -0.15) is 5.10 Å². The van der Waals surface area contributed by atoms with Crippen LogP contribution < -0.4 is 4.74 Å². The highest BCUT2D eigenvalue weighted by Gasteiger charge is 2.11. The summed E-state index contributed by atoms with van der Waals surface area (Å²) < 4.78 is 6.66. The Hall–Kier alpha value is -2.90. The number of ether oxygens (including phenoxy) is 1. The first-order valence-corrected chi connectivity index (χ1v) is 5.65. The van der Waals surface area contributed by atoms with E-state index in [1.807, 2.05) is 0 Å². The zero-order chi connectivity index (χ0) is 14.5. The van der Waals surface area contributed by atoms with E-state index in [0.717, 1.165) is 5.56 Å². The molecule has 0 aliphatic rings. The fourth-order valence-electron chi connectivity index (χ4n) is 1.78. The van der Waals surface area contributed by atoms with Gasteiger partial charge in [-0.05, 0) is 23.8 Å². The van der Waals surface area contributed by atoms with Crippen molar-refractivity contribution in [3.63, 3.8) is 0 Å². The standard InChI is InChI=1S/C12H12N4O4/c1-20-12-3-2-9(5-14-17)4-10(12)7-15-8-11(6-13-15)16(18)19/h2-6,8,17H,7H2,1H3/b14-5-. The van der Waals surface area contributed by atoms with E-state index < -0.39 is 4.92 Å². The van der Waals surface area contributed by atoms with Crippen LogP contribution in [0.2, 0.25) is 0 Å². The molecule has 0 saturated heterocycles. The summed E-state index contributed by atoms with van der Waals surface area (Å²) in [6.07, 6.45) is 3.81. The summed E-state index contributed by atoms with van der Waals surface area (Å²) in [5.74, 6) is 0.623. The van der Waals surface area contributed by atoms with Gasteiger partial charge in [-0.1, -0.05) is 5.16 Å². The highest BCUT2D eigenvalue weighted by molar-refractivity contribution is 5.79. The second-order valence-electron chi connectivity index (χ2n) is 3.97. The molecule has 0 amide bonds. The van der Waals surface area contributed by atoms with Crippen molar-refractivity contribution in [2.75, 3.05) is 7.11 Å². The zero-order valence-corrected chi connectivity index (χ0v) is 10.6. The van der Waals surface area contributed by atoms with Crippen molar-refractivity contribution in [3.05, 3.63) is 51.8 Å². The molecule has 2 rings (SSSR count). The smallest absolute Gasteiger partial charge is 0.307 e. The van der Waals surface area contributed by atoms with Crippen LogP contribution in [0.4, 0.5) is 5.69 Å². The van der Waals surface area contributed by atoms with Gasteiger partial charge in [0.15, 0.2) is 0 Å². The number of benzene rings is 1. The van der Waals surface area contributed by atoms with Crippen molar-refractivity contribution in [3.8, 4) is 5.75 Å². The molecule has 0 bridgehead atoms. The third kappa shape index (κ3) is 2.91. The van der Waals surface area contributed by atoms with E-state index >= 15 is 0 Å². The Bertz CT molecular complexity index is 651. The first-order chi connectivity index (χ1) is 9.63. The quantitative estimate of drug-likeness (QED) is 0.387. The predicted molar refractivity (Wildman–Crippen MR) is 70.4 cm³/mol. The van der Waals surface area contributed by atoms with E-state index in [4.69, 9.17) is 9.94 Å². The van der Waals surface area contributed by atoms with Crippen LogP contribution >= 0.6 is 0 Å². The van der Waals surface area contributed by atoms with Crippen LogP contribution in [-0.4, -0.2) is 33.2 Å². The molecule has 20 heavy (non-hydrogen) atoms. The summed E-state index contributed by atoms with van der Waals surface area (Å²) in [6.45, 7) is 0.310. The summed E-state index contributed by atoms with van der Waals surface area (Å²) in [5, 5.41) is 26.0. The van der Waals surface area contributed by atoms with Gasteiger partial charge in [-0.25, -0.2) is 0 Å². The Morgan fingerprint density at radius 3 is 3.00 bits per heavy atom. The van der Waals surface area contributed by atoms with Crippen LogP contribution in [0.15, 0.2) is 35.7 Å². The average Bonchev–Trinajstić information content (AvgIpc) is 2.88. The first kappa shape index (κ1) is 13.5. The second-order valence-corrected chi connectivity index (χ2v) is 3.97. The van der Waals surface area contributed by atoms with Crippen molar-refractivity contribution in [2.24, 2.45) is 5.16 Å². The summed E-state index contributed by atoms with van der Waals surface area (Å²) in [5.41, 5.74) is 1.38. The fourth-order valence-corrected chi connectivity index (χ4v) is 1.78. The maximum absolute atomic E-state index is 10.6. The van der Waals surface area contributed by atoms with E-state index in [1.165, 1.54) is 30.4 Å². The molecule has 0 unspecified atom stereocenters. The molecule has 0 spiro atoms. The van der Waals surface area contributed by atoms with Gasteiger partial charge in [-0.3, -0.25) is 14.8 Å². The number of hydrogen-bond acceptors (Lipinski definition) is 6. The first-order valence-electron chi connectivity index (χ1n) is 5.65. The van der Waals surface area contributed by atoms with Crippen molar-refractivity contribution in [2.45, 2.75) is 6.54 Å². The van der Waals surface area contributed by atoms with E-state index in [2.05, 4.69) is 10.3 Å². The van der Waals surface area contributed by atoms with Gasteiger partial charge in [0.2, 0.25) is 0 Å². The highest BCUT2D eigenvalue weighted by atomic mass is 16.6. The van der Waals surface area contributed by atoms with Crippen molar-refractivity contribution < 1.29 is 14.9 Å². The molecule has 0 aliphatic carbocycles. The van der Waals surface area contributed by atoms with Crippen LogP contribution in [-0.2, 0) is 6.54 Å².